The van der Waals surface area contributed by atoms with Crippen LogP contribution in [0.25, 0.3) is 0 Å². The first-order valence-corrected chi connectivity index (χ1v) is 15.3. The van der Waals surface area contributed by atoms with E-state index in [1.807, 2.05) is 73.7 Å². The van der Waals surface area contributed by atoms with E-state index >= 15 is 0 Å². The first kappa shape index (κ1) is 31.4. The summed E-state index contributed by atoms with van der Waals surface area (Å²) in [5, 5.41) is 7.17. The second kappa shape index (κ2) is 16.2. The van der Waals surface area contributed by atoms with E-state index in [2.05, 4.69) is 17.6 Å². The first-order chi connectivity index (χ1) is 20.4. The molecule has 3 aromatic carbocycles. The normalized spacial score (nSPS) is 15.0. The van der Waals surface area contributed by atoms with E-state index in [0.717, 1.165) is 59.7 Å². The smallest absolute Gasteiger partial charge is 0.261 e. The molecule has 0 aromatic heterocycles. The molecule has 1 atom stereocenters. The predicted molar refractivity (Wildman–Crippen MR) is 167 cm³/mol. The molecule has 1 aliphatic rings. The fourth-order valence-corrected chi connectivity index (χ4v) is 5.19. The molecule has 7 nitrogen and oxygen atoms in total. The number of amides is 2. The van der Waals surface area contributed by atoms with Crippen LogP contribution in [0.15, 0.2) is 66.7 Å². The number of hydrogen-bond donors (Lipinski definition) is 2. The van der Waals surface area contributed by atoms with Crippen molar-refractivity contribution in [3.8, 4) is 11.5 Å². The van der Waals surface area contributed by atoms with Crippen molar-refractivity contribution in [3.63, 3.8) is 0 Å². The lowest BCUT2D eigenvalue weighted by Crippen LogP contribution is -2.49. The highest BCUT2D eigenvalue weighted by atomic mass is 35.5. The molecule has 1 saturated heterocycles. The Morgan fingerprint density at radius 3 is 2.62 bits per heavy atom. The van der Waals surface area contributed by atoms with Crippen molar-refractivity contribution in [3.05, 3.63) is 94.0 Å². The van der Waals surface area contributed by atoms with Gasteiger partial charge in [0.15, 0.2) is 6.61 Å². The largest absolute Gasteiger partial charge is 0.493 e. The van der Waals surface area contributed by atoms with Gasteiger partial charge in [0.25, 0.3) is 5.91 Å². The van der Waals surface area contributed by atoms with Crippen LogP contribution >= 0.6 is 11.6 Å². The van der Waals surface area contributed by atoms with Gasteiger partial charge in [-0.3, -0.25) is 9.59 Å². The zero-order valence-electron chi connectivity index (χ0n) is 24.7. The van der Waals surface area contributed by atoms with Crippen LogP contribution in [-0.4, -0.2) is 49.1 Å². The van der Waals surface area contributed by atoms with Gasteiger partial charge in [-0.05, 0) is 98.2 Å². The monoisotopic (exact) mass is 591 g/mol. The summed E-state index contributed by atoms with van der Waals surface area (Å²) < 4.78 is 11.8. The highest BCUT2D eigenvalue weighted by molar-refractivity contribution is 6.30. The van der Waals surface area contributed by atoms with Crippen LogP contribution in [0.1, 0.15) is 54.9 Å². The lowest BCUT2D eigenvalue weighted by molar-refractivity contribution is -0.142. The first-order valence-electron chi connectivity index (χ1n) is 14.9. The Labute approximate surface area is 254 Å². The Kier molecular flexibility index (Phi) is 12.1. The molecule has 0 bridgehead atoms. The van der Waals surface area contributed by atoms with Crippen LogP contribution in [0.3, 0.4) is 0 Å². The SMILES string of the molecule is CCCOc1ccc(CN(C(=O)COc2cccc(CNCCc3ccc(Cl)cc3)c2)[C@H]2CCCCNC2=O)cc1C. The Hall–Kier alpha value is -3.55. The van der Waals surface area contributed by atoms with E-state index in [1.165, 1.54) is 5.56 Å². The Balaban J connectivity index is 1.37. The summed E-state index contributed by atoms with van der Waals surface area (Å²) in [5.41, 5.74) is 4.25. The molecule has 2 N–H and O–H groups in total. The Morgan fingerprint density at radius 2 is 1.83 bits per heavy atom. The number of nitrogens with one attached hydrogen (secondary N) is 2. The average molecular weight is 592 g/mol. The van der Waals surface area contributed by atoms with Crippen molar-refractivity contribution in [2.24, 2.45) is 0 Å². The predicted octanol–water partition coefficient (Wildman–Crippen LogP) is 5.85. The third-order valence-electron chi connectivity index (χ3n) is 7.35. The van der Waals surface area contributed by atoms with Gasteiger partial charge >= 0.3 is 0 Å². The number of benzene rings is 3. The van der Waals surface area contributed by atoms with Crippen LogP contribution in [0.4, 0.5) is 0 Å². The molecule has 0 saturated carbocycles. The topological polar surface area (TPSA) is 79.9 Å². The summed E-state index contributed by atoms with van der Waals surface area (Å²) in [6.07, 6.45) is 4.25. The standard InChI is InChI=1S/C34H42ClN3O4/c1-3-19-41-32-15-12-28(20-25(32)2)23-38(31-9-4-5-17-37-34(31)40)33(39)24-42-30-8-6-7-27(21-30)22-36-18-16-26-10-13-29(35)14-11-26/h6-8,10-15,20-21,31,36H,3-5,9,16-19,22-24H2,1-2H3,(H,37,40)/t31-/m0/s1. The molecular weight excluding hydrogens is 550 g/mol. The molecule has 3 aromatic rings. The van der Waals surface area contributed by atoms with Gasteiger partial charge in [0, 0.05) is 24.7 Å². The number of carbonyl (C=O) groups is 2. The lowest BCUT2D eigenvalue weighted by atomic mass is 10.1. The minimum absolute atomic E-state index is 0.104. The van der Waals surface area contributed by atoms with Crippen molar-refractivity contribution in [2.75, 3.05) is 26.3 Å². The summed E-state index contributed by atoms with van der Waals surface area (Å²) in [6.45, 7) is 7.06. The summed E-state index contributed by atoms with van der Waals surface area (Å²) in [5.74, 6) is 1.15. The second-order valence-corrected chi connectivity index (χ2v) is 11.2. The summed E-state index contributed by atoms with van der Waals surface area (Å²) in [6, 6.07) is 21.1. The van der Waals surface area contributed by atoms with Crippen LogP contribution < -0.4 is 20.1 Å². The molecular formula is C34H42ClN3O4. The lowest BCUT2D eigenvalue weighted by Gasteiger charge is -2.30. The van der Waals surface area contributed by atoms with E-state index in [-0.39, 0.29) is 18.4 Å². The number of hydrogen-bond acceptors (Lipinski definition) is 5. The molecule has 8 heteroatoms. The molecule has 1 aliphatic heterocycles. The molecule has 0 unspecified atom stereocenters. The molecule has 1 fully saturated rings. The van der Waals surface area contributed by atoms with Gasteiger partial charge in [-0.1, -0.05) is 54.9 Å². The van der Waals surface area contributed by atoms with Crippen LogP contribution in [0, 0.1) is 6.92 Å². The van der Waals surface area contributed by atoms with Crippen molar-refractivity contribution < 1.29 is 19.1 Å². The van der Waals surface area contributed by atoms with E-state index in [4.69, 9.17) is 21.1 Å². The molecule has 4 rings (SSSR count). The van der Waals surface area contributed by atoms with Crippen molar-refractivity contribution in [1.82, 2.24) is 15.5 Å². The van der Waals surface area contributed by atoms with Gasteiger partial charge in [-0.2, -0.15) is 0 Å². The molecule has 0 aliphatic carbocycles. The van der Waals surface area contributed by atoms with Gasteiger partial charge in [0.2, 0.25) is 5.91 Å². The molecule has 42 heavy (non-hydrogen) atoms. The molecule has 1 heterocycles. The van der Waals surface area contributed by atoms with E-state index in [1.54, 1.807) is 4.90 Å². The van der Waals surface area contributed by atoms with Gasteiger partial charge in [0.1, 0.15) is 17.5 Å². The number of halogens is 1. The van der Waals surface area contributed by atoms with Crippen molar-refractivity contribution >= 4 is 23.4 Å². The molecule has 224 valence electrons. The van der Waals surface area contributed by atoms with Crippen molar-refractivity contribution in [1.29, 1.82) is 0 Å². The average Bonchev–Trinajstić information content (AvgIpc) is 3.21. The second-order valence-electron chi connectivity index (χ2n) is 10.8. The van der Waals surface area contributed by atoms with Crippen LogP contribution in [-0.2, 0) is 29.1 Å². The van der Waals surface area contributed by atoms with Gasteiger partial charge < -0.3 is 25.0 Å². The minimum Gasteiger partial charge on any atom is -0.493 e. The number of nitrogens with zero attached hydrogens (tertiary/aromatic N) is 1. The number of aryl methyl sites for hydroxylation is 1. The van der Waals surface area contributed by atoms with Gasteiger partial charge in [-0.15, -0.1) is 0 Å². The highest BCUT2D eigenvalue weighted by Gasteiger charge is 2.31. The third kappa shape index (κ3) is 9.50. The van der Waals surface area contributed by atoms with E-state index in [0.29, 0.717) is 38.4 Å². The van der Waals surface area contributed by atoms with E-state index < -0.39 is 6.04 Å². The van der Waals surface area contributed by atoms with Crippen LogP contribution in [0.2, 0.25) is 5.02 Å². The third-order valence-corrected chi connectivity index (χ3v) is 7.60. The summed E-state index contributed by atoms with van der Waals surface area (Å²) in [4.78, 5) is 28.2. The highest BCUT2D eigenvalue weighted by Crippen LogP contribution is 2.23. The maximum Gasteiger partial charge on any atom is 0.261 e. The van der Waals surface area contributed by atoms with Gasteiger partial charge in [0.05, 0.1) is 6.61 Å². The quantitative estimate of drug-likeness (QED) is 0.230. The van der Waals surface area contributed by atoms with Gasteiger partial charge in [-0.25, -0.2) is 0 Å². The Bertz CT molecular complexity index is 1310. The fourth-order valence-electron chi connectivity index (χ4n) is 5.06. The summed E-state index contributed by atoms with van der Waals surface area (Å²) >= 11 is 5.97. The zero-order valence-corrected chi connectivity index (χ0v) is 25.4. The van der Waals surface area contributed by atoms with Crippen LogP contribution in [0.5, 0.6) is 11.5 Å². The summed E-state index contributed by atoms with van der Waals surface area (Å²) in [7, 11) is 0. The number of carbonyl (C=O) groups excluding carboxylic acids is 2. The minimum atomic E-state index is -0.531. The molecule has 2 amide bonds. The maximum atomic E-state index is 13.6. The van der Waals surface area contributed by atoms with E-state index in [9.17, 15) is 9.59 Å². The fraction of sp³-hybridized carbons (Fsp3) is 0.412. The number of rotatable bonds is 14. The Morgan fingerprint density at radius 1 is 1.02 bits per heavy atom. The molecule has 0 radical (unpaired) electrons. The zero-order chi connectivity index (χ0) is 29.7. The van der Waals surface area contributed by atoms with Crippen molar-refractivity contribution in [2.45, 2.75) is 65.1 Å². The maximum absolute atomic E-state index is 13.6. The molecule has 0 spiro atoms. The number of ether oxygens (including phenoxy) is 2.